The standard InChI is InChI=1S/C34H35N5O5/c1-21(2)19-44-34(42)38-15-13-24(18-38)39-30-11-10-22(25-7-5-8-27-26(25)12-14-36-33(27)35)16-28(30)29(37-39)20-43-31-9-4-3-6-23(31)17-32(40)41/h3-12,14,16,21,24H,13,15,17-20H2,1-2H3,(H2,35,36)(H,40,41). The van der Waals surface area contributed by atoms with Crippen molar-refractivity contribution in [3.05, 3.63) is 84.2 Å². The first-order valence-corrected chi connectivity index (χ1v) is 14.8. The number of pyridine rings is 1. The number of carboxylic acids is 1. The minimum Gasteiger partial charge on any atom is -0.487 e. The highest BCUT2D eigenvalue weighted by Crippen LogP contribution is 2.35. The number of ether oxygens (including phenoxy) is 2. The van der Waals surface area contributed by atoms with Gasteiger partial charge in [0.2, 0.25) is 0 Å². The van der Waals surface area contributed by atoms with Gasteiger partial charge >= 0.3 is 12.1 Å². The lowest BCUT2D eigenvalue weighted by atomic mass is 9.97. The molecule has 2 aromatic heterocycles. The highest BCUT2D eigenvalue weighted by Gasteiger charge is 2.31. The van der Waals surface area contributed by atoms with E-state index < -0.39 is 5.97 Å². The number of nitrogens with two attached hydrogens (primary N) is 1. The van der Waals surface area contributed by atoms with Crippen molar-refractivity contribution in [3.63, 3.8) is 0 Å². The molecule has 6 rings (SSSR count). The molecule has 3 N–H and O–H groups in total. The first-order chi connectivity index (χ1) is 21.3. The molecule has 1 unspecified atom stereocenters. The first kappa shape index (κ1) is 29.0. The number of para-hydroxylation sites is 1. The first-order valence-electron chi connectivity index (χ1n) is 14.8. The molecule has 1 saturated heterocycles. The van der Waals surface area contributed by atoms with E-state index in [2.05, 4.69) is 29.2 Å². The molecule has 1 aliphatic rings. The minimum absolute atomic E-state index is 0.0357. The number of benzene rings is 3. The molecule has 1 fully saturated rings. The molecule has 1 atom stereocenters. The Hall–Kier alpha value is -5.12. The van der Waals surface area contributed by atoms with Crippen molar-refractivity contribution in [2.24, 2.45) is 5.92 Å². The number of aromatic nitrogens is 3. The lowest BCUT2D eigenvalue weighted by Gasteiger charge is -2.18. The van der Waals surface area contributed by atoms with Crippen molar-refractivity contribution in [1.82, 2.24) is 19.7 Å². The number of carbonyl (C=O) groups excluding carboxylic acids is 1. The van der Waals surface area contributed by atoms with Crippen molar-refractivity contribution in [2.75, 3.05) is 25.4 Å². The number of likely N-dealkylation sites (tertiary alicyclic amines) is 1. The van der Waals surface area contributed by atoms with Crippen LogP contribution in [-0.4, -0.2) is 56.5 Å². The summed E-state index contributed by atoms with van der Waals surface area (Å²) >= 11 is 0. The van der Waals surface area contributed by atoms with Gasteiger partial charge in [-0.1, -0.05) is 56.3 Å². The van der Waals surface area contributed by atoms with Crippen LogP contribution in [0, 0.1) is 5.92 Å². The van der Waals surface area contributed by atoms with Gasteiger partial charge < -0.3 is 25.2 Å². The van der Waals surface area contributed by atoms with E-state index in [9.17, 15) is 14.7 Å². The van der Waals surface area contributed by atoms with Crippen LogP contribution in [0.25, 0.3) is 32.8 Å². The van der Waals surface area contributed by atoms with Crippen LogP contribution >= 0.6 is 0 Å². The van der Waals surface area contributed by atoms with Crippen molar-refractivity contribution < 1.29 is 24.2 Å². The van der Waals surface area contributed by atoms with Gasteiger partial charge in [0.25, 0.3) is 0 Å². The number of aliphatic carboxylic acids is 1. The molecular weight excluding hydrogens is 558 g/mol. The monoisotopic (exact) mass is 593 g/mol. The Morgan fingerprint density at radius 2 is 1.89 bits per heavy atom. The Morgan fingerprint density at radius 1 is 1.05 bits per heavy atom. The van der Waals surface area contributed by atoms with E-state index in [4.69, 9.17) is 20.3 Å². The molecule has 44 heavy (non-hydrogen) atoms. The smallest absolute Gasteiger partial charge is 0.409 e. The number of nitrogens with zero attached hydrogens (tertiary/aromatic N) is 4. The summed E-state index contributed by atoms with van der Waals surface area (Å²) in [6.45, 7) is 5.63. The average molecular weight is 594 g/mol. The maximum atomic E-state index is 12.7. The normalized spacial score (nSPS) is 14.9. The fraction of sp³-hybridized carbons (Fsp3) is 0.294. The summed E-state index contributed by atoms with van der Waals surface area (Å²) < 4.78 is 13.7. The Kier molecular flexibility index (Phi) is 8.06. The summed E-state index contributed by atoms with van der Waals surface area (Å²) in [4.78, 5) is 30.1. The number of hydrogen-bond donors (Lipinski definition) is 2. The zero-order chi connectivity index (χ0) is 30.8. The predicted molar refractivity (Wildman–Crippen MR) is 168 cm³/mol. The molecule has 1 amide bonds. The number of anilines is 1. The summed E-state index contributed by atoms with van der Waals surface area (Å²) in [7, 11) is 0. The highest BCUT2D eigenvalue weighted by atomic mass is 16.6. The van der Waals surface area contributed by atoms with Crippen LogP contribution in [0.2, 0.25) is 0 Å². The lowest BCUT2D eigenvalue weighted by molar-refractivity contribution is -0.136. The predicted octanol–water partition coefficient (Wildman–Crippen LogP) is 6.08. The van der Waals surface area contributed by atoms with Crippen molar-refractivity contribution in [1.29, 1.82) is 0 Å². The van der Waals surface area contributed by atoms with E-state index >= 15 is 0 Å². The Morgan fingerprint density at radius 3 is 2.70 bits per heavy atom. The summed E-state index contributed by atoms with van der Waals surface area (Å²) in [5.41, 5.74) is 10.4. The number of fused-ring (bicyclic) bond motifs is 2. The molecule has 1 aliphatic heterocycles. The van der Waals surface area contributed by atoms with Crippen LogP contribution in [0.15, 0.2) is 72.9 Å². The number of carbonyl (C=O) groups is 2. The highest BCUT2D eigenvalue weighted by molar-refractivity contribution is 6.02. The third kappa shape index (κ3) is 5.88. The van der Waals surface area contributed by atoms with Crippen LogP contribution in [0.5, 0.6) is 5.75 Å². The Labute approximate surface area is 255 Å². The van der Waals surface area contributed by atoms with Gasteiger partial charge in [-0.15, -0.1) is 0 Å². The van der Waals surface area contributed by atoms with E-state index in [1.807, 2.05) is 42.8 Å². The Bertz CT molecular complexity index is 1850. The summed E-state index contributed by atoms with van der Waals surface area (Å²) in [6, 6.07) is 21.3. The van der Waals surface area contributed by atoms with E-state index in [-0.39, 0.29) is 31.1 Å². The SMILES string of the molecule is CC(C)COC(=O)N1CCC(n2nc(COc3ccccc3CC(=O)O)c3cc(-c4cccc5c(N)nccc45)ccc32)C1. The second kappa shape index (κ2) is 12.2. The molecule has 0 saturated carbocycles. The molecule has 226 valence electrons. The third-order valence-corrected chi connectivity index (χ3v) is 7.92. The second-order valence-corrected chi connectivity index (χ2v) is 11.5. The summed E-state index contributed by atoms with van der Waals surface area (Å²) in [6.07, 6.45) is 2.01. The van der Waals surface area contributed by atoms with E-state index in [1.54, 1.807) is 29.3 Å². The van der Waals surface area contributed by atoms with Gasteiger partial charge in [-0.3, -0.25) is 9.48 Å². The number of nitrogen functional groups attached to an aromatic ring is 1. The zero-order valence-corrected chi connectivity index (χ0v) is 24.8. The van der Waals surface area contributed by atoms with Crippen LogP contribution in [-0.2, 0) is 22.6 Å². The third-order valence-electron chi connectivity index (χ3n) is 7.92. The molecule has 0 radical (unpaired) electrons. The van der Waals surface area contributed by atoms with Gasteiger partial charge in [0.15, 0.2) is 0 Å². The Balaban J connectivity index is 1.37. The number of amides is 1. The largest absolute Gasteiger partial charge is 0.487 e. The van der Waals surface area contributed by atoms with Gasteiger partial charge in [0, 0.05) is 35.6 Å². The van der Waals surface area contributed by atoms with Crippen molar-refractivity contribution >= 4 is 39.6 Å². The maximum absolute atomic E-state index is 12.7. The van der Waals surface area contributed by atoms with Crippen LogP contribution in [0.3, 0.4) is 0 Å². The summed E-state index contributed by atoms with van der Waals surface area (Å²) in [5.74, 6) is 0.319. The molecule has 0 bridgehead atoms. The zero-order valence-electron chi connectivity index (χ0n) is 24.8. The van der Waals surface area contributed by atoms with Gasteiger partial charge in [0.1, 0.15) is 23.9 Å². The number of carboxylic acid groups (broad SMARTS) is 1. The quantitative estimate of drug-likeness (QED) is 0.210. The van der Waals surface area contributed by atoms with E-state index in [0.717, 1.165) is 39.2 Å². The molecule has 3 aromatic carbocycles. The van der Waals surface area contributed by atoms with Crippen LogP contribution in [0.4, 0.5) is 10.6 Å². The molecule has 0 aliphatic carbocycles. The average Bonchev–Trinajstić information content (AvgIpc) is 3.64. The lowest BCUT2D eigenvalue weighted by Crippen LogP contribution is -2.30. The maximum Gasteiger partial charge on any atom is 0.409 e. The molecule has 3 heterocycles. The molecule has 10 heteroatoms. The molecular formula is C34H35N5O5. The molecule has 0 spiro atoms. The number of hydrogen-bond acceptors (Lipinski definition) is 7. The minimum atomic E-state index is -0.927. The second-order valence-electron chi connectivity index (χ2n) is 11.5. The van der Waals surface area contributed by atoms with Gasteiger partial charge in [-0.05, 0) is 53.1 Å². The van der Waals surface area contributed by atoms with Gasteiger partial charge in [-0.25, -0.2) is 9.78 Å². The van der Waals surface area contributed by atoms with Crippen molar-refractivity contribution in [3.8, 4) is 16.9 Å². The van der Waals surface area contributed by atoms with E-state index in [0.29, 0.717) is 42.5 Å². The fourth-order valence-electron chi connectivity index (χ4n) is 5.77. The number of rotatable bonds is 9. The molecule has 10 nitrogen and oxygen atoms in total. The molecule has 5 aromatic rings. The van der Waals surface area contributed by atoms with Gasteiger partial charge in [-0.2, -0.15) is 5.10 Å². The van der Waals surface area contributed by atoms with Crippen molar-refractivity contribution in [2.45, 2.75) is 39.3 Å². The summed E-state index contributed by atoms with van der Waals surface area (Å²) in [5, 5.41) is 17.2. The van der Waals surface area contributed by atoms with Crippen LogP contribution in [0.1, 0.15) is 37.6 Å². The topological polar surface area (TPSA) is 133 Å². The fourth-order valence-corrected chi connectivity index (χ4v) is 5.77. The van der Waals surface area contributed by atoms with Gasteiger partial charge in [0.05, 0.1) is 24.6 Å². The van der Waals surface area contributed by atoms with Crippen LogP contribution < -0.4 is 10.5 Å². The van der Waals surface area contributed by atoms with E-state index in [1.165, 1.54) is 0 Å².